The molecule has 8 heteroatoms. The Morgan fingerprint density at radius 3 is 2.43 bits per heavy atom. The van der Waals surface area contributed by atoms with E-state index in [0.29, 0.717) is 6.42 Å². The van der Waals surface area contributed by atoms with Crippen LogP contribution in [0.5, 0.6) is 0 Å². The number of carbonyl (C=O) groups is 1. The molecule has 0 saturated carbocycles. The van der Waals surface area contributed by atoms with E-state index in [1.807, 2.05) is 37.3 Å². The van der Waals surface area contributed by atoms with E-state index < -0.39 is 11.7 Å². The van der Waals surface area contributed by atoms with Crippen molar-refractivity contribution in [2.75, 3.05) is 5.43 Å². The van der Waals surface area contributed by atoms with Crippen molar-refractivity contribution in [2.24, 2.45) is 5.10 Å². The quantitative estimate of drug-likeness (QED) is 0.441. The first-order chi connectivity index (χ1) is 11.0. The molecule has 0 aliphatic rings. The van der Waals surface area contributed by atoms with Gasteiger partial charge in [0, 0.05) is 0 Å². The largest absolute Gasteiger partial charge is 0.476 e. The van der Waals surface area contributed by atoms with E-state index in [2.05, 4.69) is 15.5 Å². The maximum absolute atomic E-state index is 11.1. The van der Waals surface area contributed by atoms with Gasteiger partial charge in [0.05, 0.1) is 11.4 Å². The molecule has 0 fully saturated rings. The van der Waals surface area contributed by atoms with Gasteiger partial charge in [-0.1, -0.05) is 72.1 Å². The van der Waals surface area contributed by atoms with E-state index in [1.165, 1.54) is 0 Å². The number of aromatic carboxylic acids is 1. The van der Waals surface area contributed by atoms with Gasteiger partial charge in [-0.05, 0) is 12.0 Å². The number of nitrogens with zero attached hydrogens (tertiary/aromatic N) is 2. The van der Waals surface area contributed by atoms with Crippen LogP contribution in [0.4, 0.5) is 5.69 Å². The van der Waals surface area contributed by atoms with Crippen LogP contribution in [0, 0.1) is 0 Å². The lowest BCUT2D eigenvalue weighted by atomic mass is 10.1. The minimum atomic E-state index is -1.31. The summed E-state index contributed by atoms with van der Waals surface area (Å²) in [5, 5.41) is 13.1. The number of carboxylic acids is 1. The van der Waals surface area contributed by atoms with Gasteiger partial charge < -0.3 is 5.11 Å². The molecule has 0 radical (unpaired) electrons. The second-order valence-corrected chi connectivity index (χ2v) is 5.56. The van der Waals surface area contributed by atoms with E-state index in [0.717, 1.165) is 11.3 Å². The maximum atomic E-state index is 11.1. The summed E-state index contributed by atoms with van der Waals surface area (Å²) in [5.41, 5.74) is 4.09. The molecule has 0 aliphatic heterocycles. The van der Waals surface area contributed by atoms with Crippen molar-refractivity contribution in [3.05, 3.63) is 56.8 Å². The number of carboxylic acid groups (broad SMARTS) is 1. The number of anilines is 1. The molecule has 1 aromatic carbocycles. The fourth-order valence-corrected chi connectivity index (χ4v) is 2.52. The van der Waals surface area contributed by atoms with Crippen molar-refractivity contribution in [1.29, 1.82) is 0 Å². The van der Waals surface area contributed by atoms with Gasteiger partial charge in [0.1, 0.15) is 10.0 Å². The standard InChI is InChI=1S/C15H12Cl3N3O2/c1-2-9(8-6-4-3-5-7-8)20-21-12-10(16)13(15(22)23)19-14(18)11(12)17/h3-7H,2H2,1H3,(H,19,21)(H,22,23)/b20-9+. The zero-order chi connectivity index (χ0) is 17.0. The third-order valence-corrected chi connectivity index (χ3v) is 4.09. The van der Waals surface area contributed by atoms with Gasteiger partial charge in [0.25, 0.3) is 0 Å². The number of pyridine rings is 1. The molecule has 2 aromatic rings. The molecule has 0 saturated heterocycles. The number of nitrogens with one attached hydrogen (secondary N) is 1. The molecular weight excluding hydrogens is 361 g/mol. The maximum Gasteiger partial charge on any atom is 0.356 e. The highest BCUT2D eigenvalue weighted by atomic mass is 35.5. The van der Waals surface area contributed by atoms with Gasteiger partial charge >= 0.3 is 5.97 Å². The number of aromatic nitrogens is 1. The SMILES string of the molecule is CC/C(=N\Nc1c(Cl)c(Cl)nc(C(=O)O)c1Cl)c1ccccc1. The van der Waals surface area contributed by atoms with Crippen molar-refractivity contribution < 1.29 is 9.90 Å². The highest BCUT2D eigenvalue weighted by molar-refractivity contribution is 6.46. The van der Waals surface area contributed by atoms with Crippen molar-refractivity contribution in [2.45, 2.75) is 13.3 Å². The predicted octanol–water partition coefficient (Wildman–Crippen LogP) is 4.97. The topological polar surface area (TPSA) is 74.6 Å². The van der Waals surface area contributed by atoms with Crippen molar-refractivity contribution >= 4 is 52.2 Å². The summed E-state index contributed by atoms with van der Waals surface area (Å²) >= 11 is 17.9. The first-order valence-corrected chi connectivity index (χ1v) is 7.74. The highest BCUT2D eigenvalue weighted by Crippen LogP contribution is 2.36. The van der Waals surface area contributed by atoms with Crippen LogP contribution < -0.4 is 5.43 Å². The Morgan fingerprint density at radius 1 is 1.22 bits per heavy atom. The lowest BCUT2D eigenvalue weighted by molar-refractivity contribution is 0.0691. The first kappa shape index (κ1) is 17.5. The summed E-state index contributed by atoms with van der Waals surface area (Å²) in [4.78, 5) is 14.8. The summed E-state index contributed by atoms with van der Waals surface area (Å²) in [6.07, 6.45) is 0.650. The molecule has 1 heterocycles. The fraction of sp³-hybridized carbons (Fsp3) is 0.133. The molecule has 2 rings (SSSR count). The average molecular weight is 373 g/mol. The molecule has 2 N–H and O–H groups in total. The summed E-state index contributed by atoms with van der Waals surface area (Å²) in [6.45, 7) is 1.94. The lowest BCUT2D eigenvalue weighted by Crippen LogP contribution is -2.07. The van der Waals surface area contributed by atoms with E-state index in [1.54, 1.807) is 0 Å². The van der Waals surface area contributed by atoms with E-state index in [-0.39, 0.29) is 20.9 Å². The Hall–Kier alpha value is -1.82. The summed E-state index contributed by atoms with van der Waals surface area (Å²) in [5.74, 6) is -1.31. The molecule has 1 aromatic heterocycles. The molecule has 0 aliphatic carbocycles. The van der Waals surface area contributed by atoms with Gasteiger partial charge in [-0.15, -0.1) is 0 Å². The molecule has 0 unspecified atom stereocenters. The Bertz CT molecular complexity index is 764. The molecule has 0 amide bonds. The molecule has 5 nitrogen and oxygen atoms in total. The fourth-order valence-electron chi connectivity index (χ4n) is 1.86. The molecular formula is C15H12Cl3N3O2. The summed E-state index contributed by atoms with van der Waals surface area (Å²) in [6, 6.07) is 9.52. The Kier molecular flexibility index (Phi) is 5.82. The zero-order valence-corrected chi connectivity index (χ0v) is 14.2. The average Bonchev–Trinajstić information content (AvgIpc) is 2.55. The van der Waals surface area contributed by atoms with Crippen LogP contribution in [-0.2, 0) is 0 Å². The number of hydrogen-bond donors (Lipinski definition) is 2. The molecule has 120 valence electrons. The van der Waals surface area contributed by atoms with Gasteiger partial charge in [0.2, 0.25) is 0 Å². The third-order valence-electron chi connectivity index (χ3n) is 2.99. The Labute approximate surface area is 147 Å². The Morgan fingerprint density at radius 2 is 1.87 bits per heavy atom. The Balaban J connectivity index is 2.43. The molecule has 0 atom stereocenters. The lowest BCUT2D eigenvalue weighted by Gasteiger charge is -2.11. The van der Waals surface area contributed by atoms with Crippen LogP contribution in [0.2, 0.25) is 15.2 Å². The van der Waals surface area contributed by atoms with Crippen LogP contribution in [-0.4, -0.2) is 21.8 Å². The minimum absolute atomic E-state index is 0.00827. The number of rotatable bonds is 5. The highest BCUT2D eigenvalue weighted by Gasteiger charge is 2.20. The van der Waals surface area contributed by atoms with Crippen LogP contribution in [0.3, 0.4) is 0 Å². The second-order valence-electron chi connectivity index (χ2n) is 4.45. The first-order valence-electron chi connectivity index (χ1n) is 6.61. The van der Waals surface area contributed by atoms with E-state index >= 15 is 0 Å². The number of hydrazone groups is 1. The summed E-state index contributed by atoms with van der Waals surface area (Å²) < 4.78 is 0. The minimum Gasteiger partial charge on any atom is -0.476 e. The van der Waals surface area contributed by atoms with Gasteiger partial charge in [0.15, 0.2) is 10.8 Å². The normalized spacial score (nSPS) is 11.4. The van der Waals surface area contributed by atoms with E-state index in [9.17, 15) is 4.79 Å². The van der Waals surface area contributed by atoms with Gasteiger partial charge in [-0.25, -0.2) is 9.78 Å². The number of halogens is 3. The number of benzene rings is 1. The van der Waals surface area contributed by atoms with Crippen LogP contribution >= 0.6 is 34.8 Å². The van der Waals surface area contributed by atoms with Crippen molar-refractivity contribution in [1.82, 2.24) is 4.98 Å². The zero-order valence-electron chi connectivity index (χ0n) is 12.0. The van der Waals surface area contributed by atoms with Crippen LogP contribution in [0.1, 0.15) is 29.4 Å². The van der Waals surface area contributed by atoms with E-state index in [4.69, 9.17) is 39.9 Å². The number of hydrogen-bond acceptors (Lipinski definition) is 4. The third kappa shape index (κ3) is 3.93. The monoisotopic (exact) mass is 371 g/mol. The molecule has 0 spiro atoms. The molecule has 23 heavy (non-hydrogen) atoms. The van der Waals surface area contributed by atoms with Gasteiger partial charge in [-0.3, -0.25) is 5.43 Å². The van der Waals surface area contributed by atoms with Crippen LogP contribution in [0.15, 0.2) is 35.4 Å². The second kappa shape index (κ2) is 7.64. The van der Waals surface area contributed by atoms with Crippen LogP contribution in [0.25, 0.3) is 0 Å². The molecule has 0 bridgehead atoms. The summed E-state index contributed by atoms with van der Waals surface area (Å²) in [7, 11) is 0. The van der Waals surface area contributed by atoms with Crippen molar-refractivity contribution in [3.8, 4) is 0 Å². The van der Waals surface area contributed by atoms with Gasteiger partial charge in [-0.2, -0.15) is 5.10 Å². The predicted molar refractivity (Wildman–Crippen MR) is 93.1 cm³/mol. The smallest absolute Gasteiger partial charge is 0.356 e. The van der Waals surface area contributed by atoms with Crippen molar-refractivity contribution in [3.63, 3.8) is 0 Å².